The molecule has 6 heteroatoms. The summed E-state index contributed by atoms with van der Waals surface area (Å²) < 4.78 is 6.07. The van der Waals surface area contributed by atoms with Crippen molar-refractivity contribution in [3.63, 3.8) is 0 Å². The first kappa shape index (κ1) is 23.7. The van der Waals surface area contributed by atoms with Crippen LogP contribution in [0.5, 0.6) is 0 Å². The lowest BCUT2D eigenvalue weighted by atomic mass is 9.93. The van der Waals surface area contributed by atoms with Crippen molar-refractivity contribution in [2.75, 3.05) is 0 Å². The summed E-state index contributed by atoms with van der Waals surface area (Å²) >= 11 is 0. The van der Waals surface area contributed by atoms with Gasteiger partial charge in [0, 0.05) is 34.1 Å². The monoisotopic (exact) mass is 551 g/mol. The maximum Gasteiger partial charge on any atom is 0.266 e. The fraction of sp³-hybridized carbons (Fsp3) is 0. The number of hydrogen-bond donors (Lipinski definition) is 0. The molecular formula is C37H21N5O. The Hall–Kier alpha value is -6.01. The lowest BCUT2D eigenvalue weighted by Crippen LogP contribution is -1.91. The lowest BCUT2D eigenvalue weighted by molar-refractivity contribution is 0.613. The molecule has 9 aromatic rings. The normalized spacial score (nSPS) is 11.7. The molecule has 0 saturated carbocycles. The van der Waals surface area contributed by atoms with Crippen LogP contribution in [0.4, 0.5) is 0 Å². The molecule has 4 heterocycles. The summed E-state index contributed by atoms with van der Waals surface area (Å²) in [5, 5.41) is 5.40. The summed E-state index contributed by atoms with van der Waals surface area (Å²) in [5.74, 6) is 0.875. The van der Waals surface area contributed by atoms with Gasteiger partial charge in [-0.25, -0.2) is 19.9 Å². The highest BCUT2D eigenvalue weighted by Gasteiger charge is 2.15. The molecule has 5 aromatic carbocycles. The molecule has 0 aliphatic carbocycles. The quantitative estimate of drug-likeness (QED) is 0.204. The topological polar surface area (TPSA) is 77.6 Å². The highest BCUT2D eigenvalue weighted by Crippen LogP contribution is 2.37. The zero-order valence-electron chi connectivity index (χ0n) is 22.8. The maximum absolute atomic E-state index is 6.07. The van der Waals surface area contributed by atoms with Gasteiger partial charge in [0.05, 0.1) is 22.2 Å². The van der Waals surface area contributed by atoms with Gasteiger partial charge in [-0.1, -0.05) is 84.9 Å². The molecule has 0 fully saturated rings. The van der Waals surface area contributed by atoms with Crippen LogP contribution >= 0.6 is 0 Å². The third-order valence-electron chi connectivity index (χ3n) is 8.01. The van der Waals surface area contributed by atoms with E-state index in [0.29, 0.717) is 17.3 Å². The van der Waals surface area contributed by atoms with Crippen LogP contribution in [0, 0.1) is 0 Å². The van der Waals surface area contributed by atoms with Crippen LogP contribution in [-0.2, 0) is 0 Å². The summed E-state index contributed by atoms with van der Waals surface area (Å²) in [6.45, 7) is 0. The van der Waals surface area contributed by atoms with E-state index in [4.69, 9.17) is 14.4 Å². The molecule has 0 unspecified atom stereocenters. The van der Waals surface area contributed by atoms with Crippen molar-refractivity contribution in [1.82, 2.24) is 24.9 Å². The first-order chi connectivity index (χ1) is 21.3. The number of para-hydroxylation sites is 1. The molecule has 6 nitrogen and oxygen atoms in total. The molecule has 200 valence electrons. The second kappa shape index (κ2) is 9.26. The smallest absolute Gasteiger partial charge is 0.266 e. The number of nitrogens with zero attached hydrogens (tertiary/aromatic N) is 5. The second-order valence-corrected chi connectivity index (χ2v) is 10.6. The summed E-state index contributed by atoms with van der Waals surface area (Å²) in [5.41, 5.74) is 8.28. The highest BCUT2D eigenvalue weighted by atomic mass is 16.3. The van der Waals surface area contributed by atoms with Crippen molar-refractivity contribution in [2.45, 2.75) is 0 Å². The number of oxazole rings is 1. The minimum absolute atomic E-state index is 0.405. The zero-order valence-corrected chi connectivity index (χ0v) is 22.8. The fourth-order valence-corrected chi connectivity index (χ4v) is 5.91. The van der Waals surface area contributed by atoms with Crippen molar-refractivity contribution < 1.29 is 4.42 Å². The highest BCUT2D eigenvalue weighted by molar-refractivity contribution is 6.07. The molecule has 4 aromatic heterocycles. The predicted octanol–water partition coefficient (Wildman–Crippen LogP) is 9.02. The van der Waals surface area contributed by atoms with Crippen molar-refractivity contribution in [3.05, 3.63) is 128 Å². The molecule has 0 aliphatic heterocycles. The number of hydrogen-bond acceptors (Lipinski definition) is 6. The van der Waals surface area contributed by atoms with E-state index < -0.39 is 0 Å². The summed E-state index contributed by atoms with van der Waals surface area (Å²) in [7, 11) is 0. The Morgan fingerprint density at radius 1 is 0.512 bits per heavy atom. The van der Waals surface area contributed by atoms with Crippen molar-refractivity contribution in [3.8, 4) is 34.1 Å². The first-order valence-electron chi connectivity index (χ1n) is 14.1. The van der Waals surface area contributed by atoms with Gasteiger partial charge in [0.25, 0.3) is 5.89 Å². The molecule has 9 rings (SSSR count). The third-order valence-corrected chi connectivity index (χ3v) is 8.01. The van der Waals surface area contributed by atoms with E-state index in [9.17, 15) is 0 Å². The molecule has 0 bridgehead atoms. The van der Waals surface area contributed by atoms with Crippen molar-refractivity contribution >= 4 is 54.6 Å². The minimum atomic E-state index is 0.405. The Labute approximate surface area is 245 Å². The average Bonchev–Trinajstić information content (AvgIpc) is 3.51. The van der Waals surface area contributed by atoms with Gasteiger partial charge >= 0.3 is 0 Å². The van der Waals surface area contributed by atoms with Gasteiger partial charge in [0.2, 0.25) is 5.82 Å². The largest absolute Gasteiger partial charge is 0.434 e. The summed E-state index contributed by atoms with van der Waals surface area (Å²) in [4.78, 5) is 23.7. The molecule has 0 atom stereocenters. The van der Waals surface area contributed by atoms with E-state index in [2.05, 4.69) is 93.8 Å². The van der Waals surface area contributed by atoms with Crippen LogP contribution in [0.25, 0.3) is 88.7 Å². The average molecular weight is 552 g/mol. The van der Waals surface area contributed by atoms with Gasteiger partial charge in [-0.05, 0) is 52.2 Å². The van der Waals surface area contributed by atoms with Gasteiger partial charge in [-0.15, -0.1) is 0 Å². The van der Waals surface area contributed by atoms with Gasteiger partial charge in [0.1, 0.15) is 5.52 Å². The summed E-state index contributed by atoms with van der Waals surface area (Å²) in [6.07, 6.45) is 3.62. The van der Waals surface area contributed by atoms with E-state index in [-0.39, 0.29) is 0 Å². The van der Waals surface area contributed by atoms with Gasteiger partial charge in [0.15, 0.2) is 5.58 Å². The second-order valence-electron chi connectivity index (χ2n) is 10.6. The Kier molecular flexibility index (Phi) is 5.10. The Bertz CT molecular complexity index is 2530. The molecule has 0 spiro atoms. The molecule has 0 amide bonds. The Morgan fingerprint density at radius 2 is 1.28 bits per heavy atom. The molecule has 43 heavy (non-hydrogen) atoms. The Balaban J connectivity index is 1.16. The fourth-order valence-electron chi connectivity index (χ4n) is 5.91. The van der Waals surface area contributed by atoms with Crippen LogP contribution < -0.4 is 0 Å². The minimum Gasteiger partial charge on any atom is -0.434 e. The standard InChI is InChI=1S/C37H21N5O/c1-4-10-30-25(6-1)21-39-36(41-30)37-42-32-20-24(14-18-33(32)43-37)26-15-16-29(28-9-3-2-8-27(26)28)31-17-13-23-12-11-22-7-5-19-38-34(22)35(23)40-31/h1-21H. The van der Waals surface area contributed by atoms with Crippen LogP contribution in [0.3, 0.4) is 0 Å². The van der Waals surface area contributed by atoms with E-state index in [1.165, 1.54) is 0 Å². The molecular weight excluding hydrogens is 530 g/mol. The van der Waals surface area contributed by atoms with Gasteiger partial charge < -0.3 is 4.42 Å². The predicted molar refractivity (Wildman–Crippen MR) is 172 cm³/mol. The molecule has 0 N–H and O–H groups in total. The van der Waals surface area contributed by atoms with E-state index in [0.717, 1.165) is 71.4 Å². The molecule has 0 saturated heterocycles. The van der Waals surface area contributed by atoms with Crippen molar-refractivity contribution in [1.29, 1.82) is 0 Å². The van der Waals surface area contributed by atoms with E-state index >= 15 is 0 Å². The van der Waals surface area contributed by atoms with Gasteiger partial charge in [-0.2, -0.15) is 0 Å². The SMILES string of the molecule is c1ccc2nc(-c3nc4cc(-c5ccc(-c6ccc7ccc8cccnc8c7n6)c6ccccc56)ccc4o3)ncc2c1. The Morgan fingerprint density at radius 3 is 2.21 bits per heavy atom. The summed E-state index contributed by atoms with van der Waals surface area (Å²) in [6, 6.07) is 39.2. The van der Waals surface area contributed by atoms with Crippen LogP contribution in [-0.4, -0.2) is 24.9 Å². The van der Waals surface area contributed by atoms with E-state index in [1.54, 1.807) is 6.20 Å². The van der Waals surface area contributed by atoms with Gasteiger partial charge in [-0.3, -0.25) is 4.98 Å². The van der Waals surface area contributed by atoms with Crippen LogP contribution in [0.15, 0.2) is 132 Å². The van der Waals surface area contributed by atoms with E-state index in [1.807, 2.05) is 42.6 Å². The number of aromatic nitrogens is 5. The number of benzene rings is 5. The number of fused-ring (bicyclic) bond motifs is 6. The van der Waals surface area contributed by atoms with Crippen LogP contribution in [0.1, 0.15) is 0 Å². The molecule has 0 radical (unpaired) electrons. The molecule has 0 aliphatic rings. The zero-order chi connectivity index (χ0) is 28.3. The lowest BCUT2D eigenvalue weighted by Gasteiger charge is -2.12. The third kappa shape index (κ3) is 3.85. The number of rotatable bonds is 3. The van der Waals surface area contributed by atoms with Crippen molar-refractivity contribution in [2.24, 2.45) is 0 Å². The maximum atomic E-state index is 6.07. The first-order valence-corrected chi connectivity index (χ1v) is 14.1. The van der Waals surface area contributed by atoms with Crippen LogP contribution in [0.2, 0.25) is 0 Å². The number of pyridine rings is 2.